The molecule has 2 aliphatic heterocycles. The molecule has 7 heteroatoms. The van der Waals surface area contributed by atoms with Gasteiger partial charge >= 0.3 is 0 Å². The standard InChI is InChI=1S/C36H36FNO5/c1-2-9-23(18-24-14-16-31(39)30(37)19-24)15-17-32-33-25(21-42-27-12-7-4-8-13-27)20-28-34(29(33)22-43-32)36(41)38(35(28)40)26-10-5-3-6-11-26/h3-8,10-14,16,18-19,28-29,32,34,39H,2,9,15,17,20-22H2,1H3/b23-18+/t28-,29+,32-,34-/m1/s1. The summed E-state index contributed by atoms with van der Waals surface area (Å²) < 4.78 is 26.6. The molecule has 0 unspecified atom stereocenters. The minimum absolute atomic E-state index is 0.156. The number of halogens is 1. The average Bonchev–Trinajstić information content (AvgIpc) is 3.55. The highest BCUT2D eigenvalue weighted by Crippen LogP contribution is 2.50. The number of carbonyl (C=O) groups is 2. The third-order valence-electron chi connectivity index (χ3n) is 8.82. The molecule has 6 nitrogen and oxygen atoms in total. The van der Waals surface area contributed by atoms with Crippen molar-refractivity contribution in [3.63, 3.8) is 0 Å². The molecular weight excluding hydrogens is 545 g/mol. The lowest BCUT2D eigenvalue weighted by atomic mass is 9.69. The Kier molecular flexibility index (Phi) is 8.43. The number of carbonyl (C=O) groups excluding carboxylic acids is 2. The number of phenols is 1. The summed E-state index contributed by atoms with van der Waals surface area (Å²) in [5, 5.41) is 9.58. The van der Waals surface area contributed by atoms with Crippen molar-refractivity contribution in [3.8, 4) is 11.5 Å². The van der Waals surface area contributed by atoms with Crippen molar-refractivity contribution in [2.24, 2.45) is 17.8 Å². The van der Waals surface area contributed by atoms with Crippen LogP contribution in [-0.2, 0) is 14.3 Å². The molecule has 2 heterocycles. The van der Waals surface area contributed by atoms with Crippen LogP contribution in [0.25, 0.3) is 6.08 Å². The van der Waals surface area contributed by atoms with Crippen LogP contribution in [-0.4, -0.2) is 36.2 Å². The van der Waals surface area contributed by atoms with Crippen LogP contribution in [0.2, 0.25) is 0 Å². The fourth-order valence-corrected chi connectivity index (χ4v) is 6.88. The Morgan fingerprint density at radius 2 is 1.74 bits per heavy atom. The molecule has 6 rings (SSSR count). The minimum Gasteiger partial charge on any atom is -0.505 e. The van der Waals surface area contributed by atoms with Crippen molar-refractivity contribution in [3.05, 3.63) is 107 Å². The van der Waals surface area contributed by atoms with Gasteiger partial charge in [0.05, 0.1) is 30.2 Å². The maximum absolute atomic E-state index is 14.0. The van der Waals surface area contributed by atoms with Gasteiger partial charge in [-0.05, 0) is 78.8 Å². The molecule has 1 N–H and O–H groups in total. The zero-order chi connectivity index (χ0) is 29.9. The molecule has 0 bridgehead atoms. The number of nitrogens with zero attached hydrogens (tertiary/aromatic N) is 1. The topological polar surface area (TPSA) is 76.1 Å². The SMILES string of the molecule is CCC/C(=C\c1ccc(O)c(F)c1)CC[C@H]1OC[C@H]2C1=C(COc1ccccc1)C[C@H]1C(=O)N(c3ccccc3)C(=O)[C@H]12. The Labute approximate surface area is 251 Å². The molecule has 0 saturated carbocycles. The van der Waals surface area contributed by atoms with Gasteiger partial charge in [-0.15, -0.1) is 0 Å². The number of phenolic OH excluding ortho intramolecular Hbond substituents is 1. The number of allylic oxidation sites excluding steroid dienone is 1. The number of benzene rings is 3. The summed E-state index contributed by atoms with van der Waals surface area (Å²) >= 11 is 0. The summed E-state index contributed by atoms with van der Waals surface area (Å²) in [6.07, 6.45) is 5.48. The molecule has 2 fully saturated rings. The third kappa shape index (κ3) is 5.87. The van der Waals surface area contributed by atoms with Gasteiger partial charge in [-0.2, -0.15) is 0 Å². The number of amides is 2. The third-order valence-corrected chi connectivity index (χ3v) is 8.82. The quantitative estimate of drug-likeness (QED) is 0.204. The summed E-state index contributed by atoms with van der Waals surface area (Å²) in [5.74, 6) is -1.66. The first-order valence-electron chi connectivity index (χ1n) is 15.1. The number of ether oxygens (including phenoxy) is 2. The van der Waals surface area contributed by atoms with Crippen LogP contribution in [0, 0.1) is 23.6 Å². The molecule has 2 amide bonds. The second-order valence-electron chi connectivity index (χ2n) is 11.6. The highest BCUT2D eigenvalue weighted by Gasteiger charge is 2.57. The van der Waals surface area contributed by atoms with Gasteiger partial charge in [0, 0.05) is 5.92 Å². The molecule has 0 aromatic heterocycles. The van der Waals surface area contributed by atoms with E-state index in [-0.39, 0.29) is 29.6 Å². The number of hydrogen-bond donors (Lipinski definition) is 1. The molecule has 3 aliphatic rings. The van der Waals surface area contributed by atoms with Crippen LogP contribution in [0.3, 0.4) is 0 Å². The molecule has 3 aromatic carbocycles. The van der Waals surface area contributed by atoms with Crippen molar-refractivity contribution in [2.75, 3.05) is 18.1 Å². The van der Waals surface area contributed by atoms with E-state index in [9.17, 15) is 19.1 Å². The van der Waals surface area contributed by atoms with E-state index in [1.54, 1.807) is 18.2 Å². The first kappa shape index (κ1) is 28.9. The monoisotopic (exact) mass is 581 g/mol. The summed E-state index contributed by atoms with van der Waals surface area (Å²) in [7, 11) is 0. The van der Waals surface area contributed by atoms with Gasteiger partial charge in [0.2, 0.25) is 11.8 Å². The predicted octanol–water partition coefficient (Wildman–Crippen LogP) is 7.10. The van der Waals surface area contributed by atoms with Crippen LogP contribution in [0.5, 0.6) is 11.5 Å². The maximum atomic E-state index is 14.0. The zero-order valence-corrected chi connectivity index (χ0v) is 24.2. The molecular formula is C36H36FNO5. The first-order valence-corrected chi connectivity index (χ1v) is 15.1. The normalized spacial score (nSPS) is 23.5. The van der Waals surface area contributed by atoms with E-state index in [1.165, 1.54) is 22.6 Å². The van der Waals surface area contributed by atoms with Gasteiger partial charge in [0.1, 0.15) is 12.4 Å². The van der Waals surface area contributed by atoms with Gasteiger partial charge in [-0.1, -0.05) is 67.5 Å². The number of rotatable bonds is 10. The Hall–Kier alpha value is -4.23. The highest BCUT2D eigenvalue weighted by atomic mass is 19.1. The van der Waals surface area contributed by atoms with Crippen molar-refractivity contribution >= 4 is 23.6 Å². The lowest BCUT2D eigenvalue weighted by Gasteiger charge is -2.31. The molecule has 4 atom stereocenters. The number of hydrogen-bond acceptors (Lipinski definition) is 5. The second-order valence-corrected chi connectivity index (χ2v) is 11.6. The number of imide groups is 1. The largest absolute Gasteiger partial charge is 0.505 e. The van der Waals surface area contributed by atoms with Crippen LogP contribution in [0.4, 0.5) is 10.1 Å². The van der Waals surface area contributed by atoms with E-state index in [0.717, 1.165) is 36.2 Å². The summed E-state index contributed by atoms with van der Waals surface area (Å²) in [6.45, 7) is 2.82. The fourth-order valence-electron chi connectivity index (χ4n) is 6.88. The number of fused-ring (bicyclic) bond motifs is 3. The zero-order valence-electron chi connectivity index (χ0n) is 24.2. The molecule has 0 spiro atoms. The molecule has 2 saturated heterocycles. The number of anilines is 1. The van der Waals surface area contributed by atoms with Crippen LogP contribution < -0.4 is 9.64 Å². The van der Waals surface area contributed by atoms with E-state index >= 15 is 0 Å². The summed E-state index contributed by atoms with van der Waals surface area (Å²) in [6, 6.07) is 23.2. The Morgan fingerprint density at radius 1 is 1.00 bits per heavy atom. The number of para-hydroxylation sites is 2. The van der Waals surface area contributed by atoms with Gasteiger partial charge in [-0.3, -0.25) is 14.5 Å². The van der Waals surface area contributed by atoms with Crippen molar-refractivity contribution in [2.45, 2.75) is 45.1 Å². The molecule has 43 heavy (non-hydrogen) atoms. The lowest BCUT2D eigenvalue weighted by molar-refractivity contribution is -0.122. The van der Waals surface area contributed by atoms with E-state index in [1.807, 2.05) is 54.6 Å². The van der Waals surface area contributed by atoms with Gasteiger partial charge in [-0.25, -0.2) is 4.39 Å². The van der Waals surface area contributed by atoms with Gasteiger partial charge in [0.25, 0.3) is 0 Å². The molecule has 3 aromatic rings. The van der Waals surface area contributed by atoms with Crippen molar-refractivity contribution < 1.29 is 28.6 Å². The predicted molar refractivity (Wildman–Crippen MR) is 163 cm³/mol. The van der Waals surface area contributed by atoms with E-state index < -0.39 is 17.7 Å². The van der Waals surface area contributed by atoms with Crippen LogP contribution >= 0.6 is 0 Å². The Bertz CT molecular complexity index is 1550. The molecule has 222 valence electrons. The van der Waals surface area contributed by atoms with E-state index in [2.05, 4.69) is 6.92 Å². The highest BCUT2D eigenvalue weighted by molar-refractivity contribution is 6.22. The second kappa shape index (κ2) is 12.6. The van der Waals surface area contributed by atoms with E-state index in [4.69, 9.17) is 9.47 Å². The first-order chi connectivity index (χ1) is 20.9. The Morgan fingerprint density at radius 3 is 2.47 bits per heavy atom. The minimum atomic E-state index is -0.642. The average molecular weight is 582 g/mol. The van der Waals surface area contributed by atoms with Crippen LogP contribution in [0.15, 0.2) is 95.6 Å². The van der Waals surface area contributed by atoms with Crippen LogP contribution in [0.1, 0.15) is 44.6 Å². The maximum Gasteiger partial charge on any atom is 0.238 e. The van der Waals surface area contributed by atoms with Crippen molar-refractivity contribution in [1.29, 1.82) is 0 Å². The lowest BCUT2D eigenvalue weighted by Crippen LogP contribution is -2.35. The summed E-state index contributed by atoms with van der Waals surface area (Å²) in [5.41, 5.74) is 4.61. The van der Waals surface area contributed by atoms with Gasteiger partial charge in [0.15, 0.2) is 11.6 Å². The summed E-state index contributed by atoms with van der Waals surface area (Å²) in [4.78, 5) is 28.9. The smallest absolute Gasteiger partial charge is 0.238 e. The Balaban J connectivity index is 1.28. The molecule has 1 aliphatic carbocycles. The molecule has 0 radical (unpaired) electrons. The van der Waals surface area contributed by atoms with E-state index in [0.29, 0.717) is 37.3 Å². The fraction of sp³-hybridized carbons (Fsp3) is 0.333. The van der Waals surface area contributed by atoms with Crippen molar-refractivity contribution in [1.82, 2.24) is 0 Å². The van der Waals surface area contributed by atoms with Gasteiger partial charge < -0.3 is 14.6 Å². The number of aromatic hydroxyl groups is 1.